The number of hydrogen-bond donors (Lipinski definition) is 1. The molecular formula is C21H37N3O3. The van der Waals surface area contributed by atoms with Gasteiger partial charge in [0.05, 0.1) is 24.7 Å². The first kappa shape index (κ1) is 20.6. The highest BCUT2D eigenvalue weighted by molar-refractivity contribution is 5.84. The summed E-state index contributed by atoms with van der Waals surface area (Å²) in [6.45, 7) is 8.58. The molecule has 3 aliphatic rings. The first-order valence-electron chi connectivity index (χ1n) is 10.8. The van der Waals surface area contributed by atoms with Gasteiger partial charge in [-0.05, 0) is 50.4 Å². The molecule has 2 amide bonds. The highest BCUT2D eigenvalue weighted by atomic mass is 16.5. The highest BCUT2D eigenvalue weighted by Crippen LogP contribution is 2.32. The molecule has 6 heteroatoms. The van der Waals surface area contributed by atoms with Crippen molar-refractivity contribution in [2.24, 2.45) is 23.5 Å². The molecule has 1 saturated carbocycles. The molecule has 154 valence electrons. The summed E-state index contributed by atoms with van der Waals surface area (Å²) in [5, 5.41) is 0. The number of ether oxygens (including phenoxy) is 1. The average molecular weight is 380 g/mol. The van der Waals surface area contributed by atoms with Crippen LogP contribution < -0.4 is 5.73 Å². The number of amides is 2. The molecule has 0 aromatic rings. The van der Waals surface area contributed by atoms with E-state index in [9.17, 15) is 9.59 Å². The monoisotopic (exact) mass is 379 g/mol. The number of likely N-dealkylation sites (tertiary alicyclic amines) is 2. The van der Waals surface area contributed by atoms with Crippen molar-refractivity contribution in [2.75, 3.05) is 26.2 Å². The number of hydrogen-bond acceptors (Lipinski definition) is 4. The van der Waals surface area contributed by atoms with Crippen molar-refractivity contribution in [3.05, 3.63) is 0 Å². The molecule has 0 radical (unpaired) electrons. The van der Waals surface area contributed by atoms with Crippen LogP contribution >= 0.6 is 0 Å². The summed E-state index contributed by atoms with van der Waals surface area (Å²) in [4.78, 5) is 28.0. The van der Waals surface area contributed by atoms with Crippen LogP contribution in [0.2, 0.25) is 0 Å². The van der Waals surface area contributed by atoms with E-state index in [2.05, 4.69) is 13.8 Å². The zero-order valence-corrected chi connectivity index (χ0v) is 17.2. The maximum absolute atomic E-state index is 13.0. The summed E-state index contributed by atoms with van der Waals surface area (Å²) in [7, 11) is 0. The van der Waals surface area contributed by atoms with Crippen LogP contribution in [0.3, 0.4) is 0 Å². The summed E-state index contributed by atoms with van der Waals surface area (Å²) in [6, 6.07) is -0.0425. The van der Waals surface area contributed by atoms with Gasteiger partial charge < -0.3 is 20.3 Å². The van der Waals surface area contributed by atoms with Gasteiger partial charge >= 0.3 is 0 Å². The zero-order chi connectivity index (χ0) is 19.6. The lowest BCUT2D eigenvalue weighted by molar-refractivity contribution is -0.152. The molecular weight excluding hydrogens is 342 g/mol. The number of carbonyl (C=O) groups is 2. The van der Waals surface area contributed by atoms with Gasteiger partial charge in [-0.1, -0.05) is 13.8 Å². The maximum Gasteiger partial charge on any atom is 0.229 e. The van der Waals surface area contributed by atoms with E-state index in [0.717, 1.165) is 44.1 Å². The van der Waals surface area contributed by atoms with Crippen molar-refractivity contribution in [2.45, 2.75) is 77.5 Å². The summed E-state index contributed by atoms with van der Waals surface area (Å²) in [5.41, 5.74) is 6.38. The number of nitrogens with zero attached hydrogens (tertiary/aromatic N) is 2. The molecule has 6 nitrogen and oxygen atoms in total. The number of nitrogens with two attached hydrogens (primary N) is 1. The van der Waals surface area contributed by atoms with Crippen LogP contribution in [-0.4, -0.2) is 66.0 Å². The second-order valence-corrected chi connectivity index (χ2v) is 9.14. The Morgan fingerprint density at radius 2 is 1.78 bits per heavy atom. The van der Waals surface area contributed by atoms with Gasteiger partial charge in [0.15, 0.2) is 0 Å². The molecule has 0 spiro atoms. The minimum Gasteiger partial charge on any atom is -0.376 e. The lowest BCUT2D eigenvalue weighted by Crippen LogP contribution is -2.62. The first-order chi connectivity index (χ1) is 12.9. The van der Waals surface area contributed by atoms with E-state index in [0.29, 0.717) is 25.8 Å². The lowest BCUT2D eigenvalue weighted by atomic mass is 9.80. The standard InChI is InChI=1S/C21H37N3O3/c1-14(2)16-6-8-18(9-7-16)27-13-20-19(22)5-4-10-24(20)21(26)17-11-23(12-17)15(3)25/h14,16-20H,4-13,22H2,1-3H3/t16-,18+,19-,20-/m0/s1. The van der Waals surface area contributed by atoms with Crippen LogP contribution in [0, 0.1) is 17.8 Å². The molecule has 0 unspecified atom stereocenters. The van der Waals surface area contributed by atoms with E-state index in [4.69, 9.17) is 10.5 Å². The molecule has 0 bridgehead atoms. The summed E-state index contributed by atoms with van der Waals surface area (Å²) in [6.07, 6.45) is 6.93. The highest BCUT2D eigenvalue weighted by Gasteiger charge is 2.41. The largest absolute Gasteiger partial charge is 0.376 e. The van der Waals surface area contributed by atoms with Gasteiger partial charge in [-0.25, -0.2) is 0 Å². The Morgan fingerprint density at radius 3 is 2.37 bits per heavy atom. The van der Waals surface area contributed by atoms with Gasteiger partial charge in [-0.3, -0.25) is 9.59 Å². The predicted molar refractivity (Wildman–Crippen MR) is 105 cm³/mol. The van der Waals surface area contributed by atoms with E-state index in [1.807, 2.05) is 4.90 Å². The van der Waals surface area contributed by atoms with Crippen LogP contribution in [0.4, 0.5) is 0 Å². The van der Waals surface area contributed by atoms with Crippen molar-refractivity contribution >= 4 is 11.8 Å². The van der Waals surface area contributed by atoms with Crippen molar-refractivity contribution in [1.82, 2.24) is 9.80 Å². The third-order valence-electron chi connectivity index (χ3n) is 6.95. The smallest absolute Gasteiger partial charge is 0.229 e. The van der Waals surface area contributed by atoms with E-state index in [1.165, 1.54) is 12.8 Å². The van der Waals surface area contributed by atoms with Crippen LogP contribution in [0.15, 0.2) is 0 Å². The zero-order valence-electron chi connectivity index (χ0n) is 17.2. The Morgan fingerprint density at radius 1 is 1.11 bits per heavy atom. The fourth-order valence-corrected chi connectivity index (χ4v) is 4.86. The van der Waals surface area contributed by atoms with E-state index >= 15 is 0 Å². The van der Waals surface area contributed by atoms with Crippen LogP contribution in [0.1, 0.15) is 59.3 Å². The van der Waals surface area contributed by atoms with E-state index < -0.39 is 0 Å². The Kier molecular flexibility index (Phi) is 6.79. The quantitative estimate of drug-likeness (QED) is 0.793. The molecule has 27 heavy (non-hydrogen) atoms. The fraction of sp³-hybridized carbons (Fsp3) is 0.905. The van der Waals surface area contributed by atoms with E-state index in [-0.39, 0.29) is 29.8 Å². The van der Waals surface area contributed by atoms with Gasteiger partial charge in [-0.15, -0.1) is 0 Å². The van der Waals surface area contributed by atoms with Gasteiger partial charge in [0, 0.05) is 32.6 Å². The lowest BCUT2D eigenvalue weighted by Gasteiger charge is -2.45. The average Bonchev–Trinajstić information content (AvgIpc) is 2.59. The maximum atomic E-state index is 13.0. The Balaban J connectivity index is 1.51. The summed E-state index contributed by atoms with van der Waals surface area (Å²) < 4.78 is 6.25. The van der Waals surface area contributed by atoms with Gasteiger partial charge in [-0.2, -0.15) is 0 Å². The van der Waals surface area contributed by atoms with Crippen LogP contribution in [0.25, 0.3) is 0 Å². The molecule has 2 atom stereocenters. The molecule has 3 fully saturated rings. The van der Waals surface area contributed by atoms with Gasteiger partial charge in [0.1, 0.15) is 0 Å². The van der Waals surface area contributed by atoms with Crippen molar-refractivity contribution in [1.29, 1.82) is 0 Å². The van der Waals surface area contributed by atoms with Gasteiger partial charge in [0.25, 0.3) is 0 Å². The van der Waals surface area contributed by atoms with Gasteiger partial charge in [0.2, 0.25) is 11.8 Å². The van der Waals surface area contributed by atoms with Crippen molar-refractivity contribution in [3.8, 4) is 0 Å². The predicted octanol–water partition coefficient (Wildman–Crippen LogP) is 2.01. The SMILES string of the molecule is CC(=O)N1CC(C(=O)N2CCC[C@H](N)[C@@H]2CO[C@H]2CC[C@@H](C(C)C)CC2)C1. The minimum atomic E-state index is -0.0665. The van der Waals surface area contributed by atoms with Crippen LogP contribution in [-0.2, 0) is 14.3 Å². The molecule has 2 N–H and O–H groups in total. The molecule has 0 aromatic heterocycles. The summed E-state index contributed by atoms with van der Waals surface area (Å²) in [5.74, 6) is 1.71. The molecule has 2 aliphatic heterocycles. The number of carbonyl (C=O) groups excluding carboxylic acids is 2. The second-order valence-electron chi connectivity index (χ2n) is 9.14. The third-order valence-corrected chi connectivity index (χ3v) is 6.95. The molecule has 2 heterocycles. The normalized spacial score (nSPS) is 32.5. The first-order valence-corrected chi connectivity index (χ1v) is 10.8. The summed E-state index contributed by atoms with van der Waals surface area (Å²) >= 11 is 0. The molecule has 0 aromatic carbocycles. The Labute approximate surface area is 163 Å². The fourth-order valence-electron chi connectivity index (χ4n) is 4.86. The number of piperidine rings is 1. The van der Waals surface area contributed by atoms with Crippen molar-refractivity contribution < 1.29 is 14.3 Å². The van der Waals surface area contributed by atoms with E-state index in [1.54, 1.807) is 11.8 Å². The van der Waals surface area contributed by atoms with Crippen LogP contribution in [0.5, 0.6) is 0 Å². The molecule has 3 rings (SSSR count). The number of rotatable bonds is 5. The Hall–Kier alpha value is -1.14. The Bertz CT molecular complexity index is 525. The third kappa shape index (κ3) is 4.83. The molecule has 2 saturated heterocycles. The minimum absolute atomic E-state index is 0.0151. The van der Waals surface area contributed by atoms with Crippen molar-refractivity contribution in [3.63, 3.8) is 0 Å². The topological polar surface area (TPSA) is 75.9 Å². The molecule has 1 aliphatic carbocycles. The second kappa shape index (κ2) is 8.91.